The maximum Gasteiger partial charge on any atom is 0.306 e. The molecule has 2 aromatic carbocycles. The second kappa shape index (κ2) is 11.9. The number of nitrogens with zero attached hydrogens (tertiary/aromatic N) is 2. The molecular formula is C25H29FN6O5S. The van der Waals surface area contributed by atoms with Crippen LogP contribution < -0.4 is 25.9 Å². The van der Waals surface area contributed by atoms with Crippen LogP contribution in [0.3, 0.4) is 0 Å². The maximum atomic E-state index is 13.2. The Morgan fingerprint density at radius 3 is 2.37 bits per heavy atom. The molecule has 2 amide bonds. The number of carbonyl (C=O) groups is 2. The fraction of sp³-hybridized carbons (Fsp3) is 0.280. The number of halogens is 1. The van der Waals surface area contributed by atoms with Crippen molar-refractivity contribution in [2.75, 3.05) is 16.9 Å². The zero-order valence-electron chi connectivity index (χ0n) is 21.3. The minimum Gasteiger partial charge on any atom is -0.382 e. The number of hydrogen-bond donors (Lipinski definition) is 4. The fourth-order valence-electron chi connectivity index (χ4n) is 3.14. The lowest BCUT2D eigenvalue weighted by atomic mass is 10.1. The molecule has 1 aromatic heterocycles. The highest BCUT2D eigenvalue weighted by atomic mass is 32.2. The standard InChI is InChI=1S/C25H29FN6O5S/c1-14(2)15(3)30-23-20(22(27)33)13-29-25(32-23)31-18-9-10-21(37-38(4,35)36)19(11-18)24(34)28-12-16-5-7-17(26)8-6-16/h5-11,13-15H,12H2,1-4H3,(H2,27,33)(H,28,34)(H2,29,30,31,32). The summed E-state index contributed by atoms with van der Waals surface area (Å²) in [6.07, 6.45) is 2.14. The van der Waals surface area contributed by atoms with Gasteiger partial charge in [0.2, 0.25) is 5.95 Å². The van der Waals surface area contributed by atoms with Crippen molar-refractivity contribution in [2.45, 2.75) is 33.4 Å². The van der Waals surface area contributed by atoms with Crippen molar-refractivity contribution in [3.63, 3.8) is 0 Å². The summed E-state index contributed by atoms with van der Waals surface area (Å²) in [7, 11) is -3.93. The van der Waals surface area contributed by atoms with Crippen LogP contribution in [0.15, 0.2) is 48.7 Å². The van der Waals surface area contributed by atoms with Gasteiger partial charge in [-0.05, 0) is 48.7 Å². The van der Waals surface area contributed by atoms with Crippen molar-refractivity contribution >= 4 is 39.4 Å². The Morgan fingerprint density at radius 2 is 1.76 bits per heavy atom. The Labute approximate surface area is 220 Å². The van der Waals surface area contributed by atoms with E-state index in [1.54, 1.807) is 0 Å². The molecule has 1 atom stereocenters. The van der Waals surface area contributed by atoms with Crippen LogP contribution in [0.4, 0.5) is 21.8 Å². The van der Waals surface area contributed by atoms with E-state index >= 15 is 0 Å². The van der Waals surface area contributed by atoms with E-state index in [9.17, 15) is 22.4 Å². The third-order valence-electron chi connectivity index (χ3n) is 5.51. The first-order chi connectivity index (χ1) is 17.8. The van der Waals surface area contributed by atoms with Gasteiger partial charge >= 0.3 is 10.1 Å². The summed E-state index contributed by atoms with van der Waals surface area (Å²) < 4.78 is 41.7. The molecule has 0 bridgehead atoms. The summed E-state index contributed by atoms with van der Waals surface area (Å²) in [6, 6.07) is 9.69. The molecule has 0 radical (unpaired) electrons. The Morgan fingerprint density at radius 1 is 1.08 bits per heavy atom. The molecule has 0 aliphatic rings. The lowest BCUT2D eigenvalue weighted by Crippen LogP contribution is -2.25. The minimum atomic E-state index is -3.93. The first kappa shape index (κ1) is 28.3. The van der Waals surface area contributed by atoms with Gasteiger partial charge in [-0.25, -0.2) is 9.37 Å². The summed E-state index contributed by atoms with van der Waals surface area (Å²) in [5, 5.41) is 8.75. The summed E-state index contributed by atoms with van der Waals surface area (Å²) in [5.41, 5.74) is 6.47. The zero-order valence-corrected chi connectivity index (χ0v) is 22.1. The van der Waals surface area contributed by atoms with E-state index in [0.29, 0.717) is 11.3 Å². The molecule has 1 heterocycles. The monoisotopic (exact) mass is 544 g/mol. The van der Waals surface area contributed by atoms with Gasteiger partial charge in [-0.3, -0.25) is 9.59 Å². The van der Waals surface area contributed by atoms with Gasteiger partial charge in [0, 0.05) is 24.5 Å². The summed E-state index contributed by atoms with van der Waals surface area (Å²) >= 11 is 0. The van der Waals surface area contributed by atoms with Gasteiger partial charge < -0.3 is 25.9 Å². The van der Waals surface area contributed by atoms with Crippen molar-refractivity contribution in [1.29, 1.82) is 0 Å². The molecule has 3 aromatic rings. The number of amides is 2. The minimum absolute atomic E-state index is 0.0281. The Kier molecular flexibility index (Phi) is 8.84. The molecule has 0 fully saturated rings. The van der Waals surface area contributed by atoms with Gasteiger partial charge in [0.25, 0.3) is 11.8 Å². The average molecular weight is 545 g/mol. The second-order valence-corrected chi connectivity index (χ2v) is 10.5. The van der Waals surface area contributed by atoms with Crippen molar-refractivity contribution in [2.24, 2.45) is 11.7 Å². The number of carbonyl (C=O) groups excluding carboxylic acids is 2. The second-order valence-electron chi connectivity index (χ2n) is 8.93. The van der Waals surface area contributed by atoms with Crippen LogP contribution in [0, 0.1) is 11.7 Å². The van der Waals surface area contributed by atoms with Gasteiger partial charge in [0.1, 0.15) is 11.6 Å². The third-order valence-corrected chi connectivity index (χ3v) is 5.99. The molecule has 3 rings (SSSR count). The quantitative estimate of drug-likeness (QED) is 0.265. The molecule has 13 heteroatoms. The molecule has 0 spiro atoms. The van der Waals surface area contributed by atoms with Crippen LogP contribution in [-0.4, -0.2) is 42.5 Å². The number of anilines is 3. The number of aromatic nitrogens is 2. The largest absolute Gasteiger partial charge is 0.382 e. The van der Waals surface area contributed by atoms with Crippen molar-refractivity contribution in [3.8, 4) is 5.75 Å². The van der Waals surface area contributed by atoms with Crippen LogP contribution >= 0.6 is 0 Å². The number of primary amides is 1. The Balaban J connectivity index is 1.90. The molecule has 0 saturated carbocycles. The first-order valence-corrected chi connectivity index (χ1v) is 13.4. The molecule has 0 aliphatic carbocycles. The normalized spacial score (nSPS) is 12.1. The molecule has 0 saturated heterocycles. The number of benzene rings is 2. The van der Waals surface area contributed by atoms with Crippen LogP contribution in [-0.2, 0) is 16.7 Å². The van der Waals surface area contributed by atoms with Crippen LogP contribution in [0.25, 0.3) is 0 Å². The number of nitrogens with one attached hydrogen (secondary N) is 3. The lowest BCUT2D eigenvalue weighted by Gasteiger charge is -2.20. The van der Waals surface area contributed by atoms with Crippen LogP contribution in [0.5, 0.6) is 5.75 Å². The highest BCUT2D eigenvalue weighted by Crippen LogP contribution is 2.26. The van der Waals surface area contributed by atoms with E-state index in [1.165, 1.54) is 48.7 Å². The van der Waals surface area contributed by atoms with E-state index < -0.39 is 27.7 Å². The van der Waals surface area contributed by atoms with Crippen molar-refractivity contribution in [1.82, 2.24) is 15.3 Å². The van der Waals surface area contributed by atoms with E-state index in [-0.39, 0.29) is 47.1 Å². The highest BCUT2D eigenvalue weighted by molar-refractivity contribution is 7.86. The first-order valence-electron chi connectivity index (χ1n) is 11.6. The molecular weight excluding hydrogens is 515 g/mol. The zero-order chi connectivity index (χ0) is 28.0. The number of rotatable bonds is 11. The predicted octanol–water partition coefficient (Wildman–Crippen LogP) is 3.18. The summed E-state index contributed by atoms with van der Waals surface area (Å²) in [5.74, 6) is -1.35. The Hall–Kier alpha value is -4.26. The molecule has 11 nitrogen and oxygen atoms in total. The average Bonchev–Trinajstić information content (AvgIpc) is 2.83. The fourth-order valence-corrected chi connectivity index (χ4v) is 3.62. The maximum absolute atomic E-state index is 13.2. The summed E-state index contributed by atoms with van der Waals surface area (Å²) in [6.45, 7) is 6.01. The van der Waals surface area contributed by atoms with Gasteiger partial charge in [0.15, 0.2) is 5.75 Å². The molecule has 5 N–H and O–H groups in total. The van der Waals surface area contributed by atoms with Gasteiger partial charge in [-0.15, -0.1) is 0 Å². The molecule has 0 aliphatic heterocycles. The van der Waals surface area contributed by atoms with Crippen LogP contribution in [0.1, 0.15) is 47.1 Å². The topological polar surface area (TPSA) is 165 Å². The van der Waals surface area contributed by atoms with E-state index in [2.05, 4.69) is 25.9 Å². The van der Waals surface area contributed by atoms with Gasteiger partial charge in [0.05, 0.1) is 17.4 Å². The van der Waals surface area contributed by atoms with E-state index in [0.717, 1.165) is 6.26 Å². The van der Waals surface area contributed by atoms with Gasteiger partial charge in [-0.2, -0.15) is 13.4 Å². The van der Waals surface area contributed by atoms with E-state index in [4.69, 9.17) is 9.92 Å². The van der Waals surface area contributed by atoms with Crippen molar-refractivity contribution < 1.29 is 26.6 Å². The molecule has 202 valence electrons. The summed E-state index contributed by atoms with van der Waals surface area (Å²) in [4.78, 5) is 33.3. The Bertz CT molecular complexity index is 1430. The molecule has 1 unspecified atom stereocenters. The van der Waals surface area contributed by atoms with Gasteiger partial charge in [-0.1, -0.05) is 26.0 Å². The molecule has 38 heavy (non-hydrogen) atoms. The highest BCUT2D eigenvalue weighted by Gasteiger charge is 2.19. The third kappa shape index (κ3) is 7.87. The van der Waals surface area contributed by atoms with Crippen molar-refractivity contribution in [3.05, 3.63) is 71.2 Å². The number of hydrogen-bond acceptors (Lipinski definition) is 9. The lowest BCUT2D eigenvalue weighted by molar-refractivity contribution is 0.0948. The van der Waals surface area contributed by atoms with Crippen LogP contribution in [0.2, 0.25) is 0 Å². The van der Waals surface area contributed by atoms with E-state index in [1.807, 2.05) is 20.8 Å². The number of nitrogens with two attached hydrogens (primary N) is 1. The SMILES string of the molecule is CC(C)C(C)Nc1nc(Nc2ccc(OS(C)(=O)=O)c(C(=O)NCc3ccc(F)cc3)c2)ncc1C(N)=O. The predicted molar refractivity (Wildman–Crippen MR) is 141 cm³/mol. The smallest absolute Gasteiger partial charge is 0.306 e.